The van der Waals surface area contributed by atoms with Gasteiger partial charge < -0.3 is 68.6 Å². The van der Waals surface area contributed by atoms with Crippen LogP contribution in [-0.2, 0) is 18.9 Å². The zero-order chi connectivity index (χ0) is 53.0. The Bertz CT molecular complexity index is 2020. The van der Waals surface area contributed by atoms with Gasteiger partial charge >= 0.3 is 23.4 Å². The van der Waals surface area contributed by atoms with Gasteiger partial charge in [-0.2, -0.15) is 0 Å². The standard InChI is InChI=1S/C50H76N6O16/c1-11-33(5)29-69-45-27-47(71-31-35(7)13-3)41(55(59)60)24-39(45)53-49(57)51-37-23-38(44(68-22-20-66-18-16-64-10)26-43(37)67-21-19-65-17-15-63-9)52-50(58)54-40-25-42(56(61)62)48(72-32-36(8)14-4)28-46(40)70-30-34(6)12-2/h23-28,33-36H,11-22,29-32H2,1-10H3,(H2,51,53,57)(H2,52,54,58). The maximum absolute atomic E-state index is 14.1. The Morgan fingerprint density at radius 1 is 0.431 bits per heavy atom. The number of nitro benzene ring substituents is 2. The zero-order valence-electron chi connectivity index (χ0n) is 43.5. The van der Waals surface area contributed by atoms with E-state index in [1.807, 2.05) is 55.4 Å². The molecule has 4 N–H and O–H groups in total. The van der Waals surface area contributed by atoms with E-state index < -0.39 is 21.9 Å². The van der Waals surface area contributed by atoms with Crippen LogP contribution in [0.2, 0.25) is 0 Å². The second kappa shape index (κ2) is 32.6. The van der Waals surface area contributed by atoms with Crippen molar-refractivity contribution < 1.29 is 66.8 Å². The summed E-state index contributed by atoms with van der Waals surface area (Å²) in [6, 6.07) is 6.22. The first-order valence-corrected chi connectivity index (χ1v) is 24.5. The van der Waals surface area contributed by atoms with Gasteiger partial charge in [0.1, 0.15) is 36.2 Å². The number of rotatable bonds is 36. The van der Waals surface area contributed by atoms with Crippen molar-refractivity contribution in [1.82, 2.24) is 0 Å². The number of carbonyl (C=O) groups is 2. The number of ether oxygens (including phenoxy) is 10. The third-order valence-electron chi connectivity index (χ3n) is 11.3. The smallest absolute Gasteiger partial charge is 0.323 e. The normalized spacial score (nSPS) is 12.7. The second-order valence-electron chi connectivity index (χ2n) is 17.4. The number of urea groups is 2. The van der Waals surface area contributed by atoms with Crippen molar-refractivity contribution in [2.24, 2.45) is 23.7 Å². The summed E-state index contributed by atoms with van der Waals surface area (Å²) in [6.45, 7) is 18.3. The summed E-state index contributed by atoms with van der Waals surface area (Å²) in [7, 11) is 3.09. The summed E-state index contributed by atoms with van der Waals surface area (Å²) in [5, 5.41) is 35.6. The Labute approximate surface area is 422 Å². The Morgan fingerprint density at radius 3 is 1.01 bits per heavy atom. The highest BCUT2D eigenvalue weighted by molar-refractivity contribution is 6.05. The second-order valence-corrected chi connectivity index (χ2v) is 17.4. The Kier molecular flexibility index (Phi) is 27.1. The first-order chi connectivity index (χ1) is 34.6. The summed E-state index contributed by atoms with van der Waals surface area (Å²) >= 11 is 0. The molecule has 4 atom stereocenters. The largest absolute Gasteiger partial charge is 0.491 e. The number of nitrogens with one attached hydrogen (secondary N) is 4. The molecule has 0 saturated carbocycles. The van der Waals surface area contributed by atoms with Gasteiger partial charge in [-0.25, -0.2) is 9.59 Å². The molecule has 3 rings (SSSR count). The average Bonchev–Trinajstić information content (AvgIpc) is 3.36. The highest BCUT2D eigenvalue weighted by Crippen LogP contribution is 2.42. The van der Waals surface area contributed by atoms with Gasteiger partial charge in [0.2, 0.25) is 11.5 Å². The minimum absolute atomic E-state index is 0.0000210. The van der Waals surface area contributed by atoms with E-state index in [1.165, 1.54) is 36.4 Å². The maximum atomic E-state index is 14.1. The first kappa shape index (κ1) is 59.9. The van der Waals surface area contributed by atoms with Crippen LogP contribution in [0.3, 0.4) is 0 Å². The number of hydrogen-bond donors (Lipinski definition) is 4. The Hall–Kier alpha value is -6.36. The minimum Gasteiger partial charge on any atom is -0.491 e. The number of carbonyl (C=O) groups excluding carboxylic acids is 2. The summed E-state index contributed by atoms with van der Waals surface area (Å²) < 4.78 is 57.6. The summed E-state index contributed by atoms with van der Waals surface area (Å²) in [5.74, 6) is 0.847. The van der Waals surface area contributed by atoms with Gasteiger partial charge in [-0.05, 0) is 29.7 Å². The van der Waals surface area contributed by atoms with Crippen LogP contribution in [0.4, 0.5) is 43.7 Å². The first-order valence-electron chi connectivity index (χ1n) is 24.5. The number of methoxy groups -OCH3 is 2. The van der Waals surface area contributed by atoms with Crippen molar-refractivity contribution in [2.45, 2.75) is 81.1 Å². The molecule has 0 aliphatic heterocycles. The van der Waals surface area contributed by atoms with E-state index >= 15 is 0 Å². The molecule has 0 radical (unpaired) electrons. The predicted molar refractivity (Wildman–Crippen MR) is 274 cm³/mol. The van der Waals surface area contributed by atoms with Crippen LogP contribution in [0.15, 0.2) is 36.4 Å². The molecule has 0 fully saturated rings. The summed E-state index contributed by atoms with van der Waals surface area (Å²) in [4.78, 5) is 51.7. The van der Waals surface area contributed by atoms with Crippen LogP contribution < -0.4 is 49.7 Å². The fourth-order valence-electron chi connectivity index (χ4n) is 5.91. The quantitative estimate of drug-likeness (QED) is 0.0240. The molecule has 22 heteroatoms. The van der Waals surface area contributed by atoms with E-state index in [2.05, 4.69) is 21.3 Å². The molecular weight excluding hydrogens is 941 g/mol. The van der Waals surface area contributed by atoms with Crippen LogP contribution in [0, 0.1) is 43.9 Å². The summed E-state index contributed by atoms with van der Waals surface area (Å²) in [5.41, 5.74) is -0.780. The number of amides is 4. The van der Waals surface area contributed by atoms with E-state index in [1.54, 1.807) is 14.2 Å². The molecule has 0 heterocycles. The number of anilines is 4. The molecule has 0 bridgehead atoms. The van der Waals surface area contributed by atoms with Crippen molar-refractivity contribution in [1.29, 1.82) is 0 Å². The molecule has 3 aromatic carbocycles. The summed E-state index contributed by atoms with van der Waals surface area (Å²) in [6.07, 6.45) is 3.15. The van der Waals surface area contributed by atoms with E-state index in [-0.39, 0.29) is 145 Å². The maximum Gasteiger partial charge on any atom is 0.323 e. The van der Waals surface area contributed by atoms with Crippen LogP contribution in [0.25, 0.3) is 0 Å². The van der Waals surface area contributed by atoms with Crippen LogP contribution in [0.1, 0.15) is 81.1 Å². The molecule has 0 spiro atoms. The van der Waals surface area contributed by atoms with Crippen molar-refractivity contribution in [2.75, 3.05) is 115 Å². The van der Waals surface area contributed by atoms with Crippen molar-refractivity contribution in [3.63, 3.8) is 0 Å². The lowest BCUT2D eigenvalue weighted by atomic mass is 10.1. The fourth-order valence-corrected chi connectivity index (χ4v) is 5.91. The average molecular weight is 1020 g/mol. The number of hydrogen-bond acceptors (Lipinski definition) is 16. The molecular formula is C50H76N6O16. The van der Waals surface area contributed by atoms with Crippen LogP contribution in [-0.4, -0.2) is 115 Å². The van der Waals surface area contributed by atoms with Gasteiger partial charge in [-0.1, -0.05) is 81.1 Å². The molecule has 0 aromatic heterocycles. The lowest BCUT2D eigenvalue weighted by Gasteiger charge is -2.21. The topological polar surface area (TPSA) is 261 Å². The molecule has 0 aliphatic rings. The molecule has 22 nitrogen and oxygen atoms in total. The van der Waals surface area contributed by atoms with Gasteiger partial charge in [0.15, 0.2) is 0 Å². The zero-order valence-corrected chi connectivity index (χ0v) is 43.5. The van der Waals surface area contributed by atoms with Crippen LogP contribution >= 0.6 is 0 Å². The Balaban J connectivity index is 2.14. The molecule has 72 heavy (non-hydrogen) atoms. The van der Waals surface area contributed by atoms with Gasteiger partial charge in [0, 0.05) is 44.6 Å². The van der Waals surface area contributed by atoms with Gasteiger partial charge in [-0.3, -0.25) is 20.2 Å². The predicted octanol–water partition coefficient (Wildman–Crippen LogP) is 10.6. The SMILES string of the molecule is CCC(C)COc1cc(OCC(C)CC)c([N+](=O)[O-])cc1NC(=O)Nc1cc(NC(=O)Nc2cc([N+](=O)[O-])c(OCC(C)CC)cc2OCC(C)CC)c(OCCOCCOC)cc1OCCOCCOC. The van der Waals surface area contributed by atoms with Crippen LogP contribution in [0.5, 0.6) is 34.5 Å². The van der Waals surface area contributed by atoms with Crippen molar-refractivity contribution >= 4 is 46.2 Å². The molecule has 0 saturated heterocycles. The molecule has 402 valence electrons. The fraction of sp³-hybridized carbons (Fsp3) is 0.600. The molecule has 4 unspecified atom stereocenters. The van der Waals surface area contributed by atoms with E-state index in [0.29, 0.717) is 26.4 Å². The van der Waals surface area contributed by atoms with Crippen molar-refractivity contribution in [3.05, 3.63) is 56.6 Å². The van der Waals surface area contributed by atoms with E-state index in [0.717, 1.165) is 25.7 Å². The molecule has 3 aromatic rings. The Morgan fingerprint density at radius 2 is 0.708 bits per heavy atom. The van der Waals surface area contributed by atoms with Crippen molar-refractivity contribution in [3.8, 4) is 34.5 Å². The van der Waals surface area contributed by atoms with Gasteiger partial charge in [0.05, 0.1) is 98.7 Å². The minimum atomic E-state index is -0.867. The monoisotopic (exact) mass is 1020 g/mol. The third-order valence-corrected chi connectivity index (χ3v) is 11.3. The van der Waals surface area contributed by atoms with E-state index in [4.69, 9.17) is 47.4 Å². The lowest BCUT2D eigenvalue weighted by molar-refractivity contribution is -0.386. The third kappa shape index (κ3) is 20.8. The van der Waals surface area contributed by atoms with Gasteiger partial charge in [0.25, 0.3) is 0 Å². The number of nitro groups is 2. The van der Waals surface area contributed by atoms with Gasteiger partial charge in [-0.15, -0.1) is 0 Å². The molecule has 0 aliphatic carbocycles. The molecule has 4 amide bonds. The highest BCUT2D eigenvalue weighted by atomic mass is 16.6. The highest BCUT2D eigenvalue weighted by Gasteiger charge is 2.26. The lowest BCUT2D eigenvalue weighted by Crippen LogP contribution is -2.23. The number of benzene rings is 3. The van der Waals surface area contributed by atoms with E-state index in [9.17, 15) is 29.8 Å². The number of nitrogens with zero attached hydrogens (tertiary/aromatic N) is 2.